The summed E-state index contributed by atoms with van der Waals surface area (Å²) in [6.45, 7) is 4.19. The van der Waals surface area contributed by atoms with E-state index in [0.29, 0.717) is 18.1 Å². The molecule has 0 spiro atoms. The van der Waals surface area contributed by atoms with E-state index < -0.39 is 0 Å². The molecule has 6 nitrogen and oxygen atoms in total. The summed E-state index contributed by atoms with van der Waals surface area (Å²) in [5.74, 6) is 1.72. The zero-order valence-electron chi connectivity index (χ0n) is 13.6. The first kappa shape index (κ1) is 17.5. The van der Waals surface area contributed by atoms with Crippen LogP contribution in [-0.2, 0) is 11.3 Å². The summed E-state index contributed by atoms with van der Waals surface area (Å²) in [6.07, 6.45) is 0. The number of rotatable bonds is 6. The van der Waals surface area contributed by atoms with Crippen molar-refractivity contribution in [3.8, 4) is 5.75 Å². The average Bonchev–Trinajstić information content (AvgIpc) is 2.91. The van der Waals surface area contributed by atoms with Crippen LogP contribution in [0.15, 0.2) is 33.3 Å². The lowest BCUT2D eigenvalue weighted by Gasteiger charge is -2.24. The Morgan fingerprint density at radius 3 is 2.83 bits per heavy atom. The molecular weight excluding hydrogens is 362 g/mol. The Kier molecular flexibility index (Phi) is 5.79. The minimum Gasteiger partial charge on any atom is -0.496 e. The van der Waals surface area contributed by atoms with Crippen molar-refractivity contribution in [2.75, 3.05) is 19.5 Å². The number of aromatic nitrogens is 1. The topological polar surface area (TPSA) is 67.6 Å². The molecule has 0 saturated heterocycles. The van der Waals surface area contributed by atoms with Crippen molar-refractivity contribution in [3.63, 3.8) is 0 Å². The van der Waals surface area contributed by atoms with Gasteiger partial charge in [0.05, 0.1) is 13.2 Å². The number of hydrogen-bond acceptors (Lipinski definition) is 5. The lowest BCUT2D eigenvalue weighted by Crippen LogP contribution is -2.39. The van der Waals surface area contributed by atoms with Crippen LogP contribution in [0.4, 0.5) is 5.82 Å². The zero-order valence-corrected chi connectivity index (χ0v) is 15.2. The molecule has 0 radical (unpaired) electrons. The molecule has 1 aromatic carbocycles. The molecule has 124 valence electrons. The molecule has 1 unspecified atom stereocenters. The molecule has 0 fully saturated rings. The second kappa shape index (κ2) is 7.61. The van der Waals surface area contributed by atoms with Gasteiger partial charge in [-0.1, -0.05) is 21.1 Å². The van der Waals surface area contributed by atoms with E-state index in [0.717, 1.165) is 15.8 Å². The highest BCUT2D eigenvalue weighted by Crippen LogP contribution is 2.24. The third-order valence-corrected chi connectivity index (χ3v) is 4.08. The van der Waals surface area contributed by atoms with Gasteiger partial charge in [0.15, 0.2) is 5.82 Å². The van der Waals surface area contributed by atoms with Gasteiger partial charge < -0.3 is 14.6 Å². The molecule has 1 N–H and O–H groups in total. The Morgan fingerprint density at radius 2 is 2.22 bits per heavy atom. The van der Waals surface area contributed by atoms with Gasteiger partial charge in [0.2, 0.25) is 5.91 Å². The molecule has 2 rings (SSSR count). The number of hydrogen-bond donors (Lipinski definition) is 1. The fourth-order valence-corrected chi connectivity index (χ4v) is 2.54. The molecule has 0 aliphatic carbocycles. The highest BCUT2D eigenvalue weighted by Gasteiger charge is 2.20. The normalized spacial score (nSPS) is 12.3. The molecule has 7 heteroatoms. The van der Waals surface area contributed by atoms with E-state index in [9.17, 15) is 4.79 Å². The number of halogens is 1. The van der Waals surface area contributed by atoms with E-state index in [4.69, 9.17) is 9.26 Å². The molecular formula is C16H20BrN3O3. The lowest BCUT2D eigenvalue weighted by molar-refractivity contribution is -0.120. The summed E-state index contributed by atoms with van der Waals surface area (Å²) in [5, 5.41) is 6.51. The van der Waals surface area contributed by atoms with Crippen molar-refractivity contribution in [3.05, 3.63) is 40.1 Å². The van der Waals surface area contributed by atoms with E-state index in [2.05, 4.69) is 26.4 Å². The van der Waals surface area contributed by atoms with Crippen LogP contribution >= 0.6 is 15.9 Å². The second-order valence-electron chi connectivity index (χ2n) is 5.36. The summed E-state index contributed by atoms with van der Waals surface area (Å²) >= 11 is 3.46. The smallest absolute Gasteiger partial charge is 0.242 e. The number of aryl methyl sites for hydroxylation is 1. The third kappa shape index (κ3) is 4.56. The minimum absolute atomic E-state index is 0.144. The van der Waals surface area contributed by atoms with Gasteiger partial charge in [0.1, 0.15) is 11.5 Å². The number of ether oxygens (including phenoxy) is 1. The maximum Gasteiger partial charge on any atom is 0.242 e. The molecule has 0 saturated carbocycles. The summed E-state index contributed by atoms with van der Waals surface area (Å²) < 4.78 is 11.3. The molecule has 1 atom stereocenters. The molecule has 0 aliphatic rings. The number of nitrogens with one attached hydrogen (secondary N) is 1. The summed E-state index contributed by atoms with van der Waals surface area (Å²) in [7, 11) is 3.52. The fraction of sp³-hybridized carbons (Fsp3) is 0.375. The maximum atomic E-state index is 12.3. The monoisotopic (exact) mass is 381 g/mol. The number of carbonyl (C=O) groups is 1. The van der Waals surface area contributed by atoms with Gasteiger partial charge >= 0.3 is 0 Å². The number of nitrogens with zero attached hydrogens (tertiary/aromatic N) is 2. The average molecular weight is 382 g/mol. The Balaban J connectivity index is 2.03. The minimum atomic E-state index is -0.337. The predicted octanol–water partition coefficient (Wildman–Crippen LogP) is 3.21. The number of methoxy groups -OCH3 is 1. The first-order valence-electron chi connectivity index (χ1n) is 7.17. The Labute approximate surface area is 143 Å². The first-order chi connectivity index (χ1) is 10.9. The lowest BCUT2D eigenvalue weighted by atomic mass is 10.1. The van der Waals surface area contributed by atoms with Crippen LogP contribution in [0.2, 0.25) is 0 Å². The maximum absolute atomic E-state index is 12.3. The predicted molar refractivity (Wildman–Crippen MR) is 91.5 cm³/mol. The third-order valence-electron chi connectivity index (χ3n) is 3.58. The van der Waals surface area contributed by atoms with Crippen molar-refractivity contribution >= 4 is 27.7 Å². The number of likely N-dealkylation sites (N-methyl/N-ethyl adjacent to an activating group) is 1. The summed E-state index contributed by atoms with van der Waals surface area (Å²) in [5.41, 5.74) is 1.00. The van der Waals surface area contributed by atoms with Crippen LogP contribution in [0.5, 0.6) is 5.75 Å². The van der Waals surface area contributed by atoms with Crippen LogP contribution in [-0.4, -0.2) is 36.2 Å². The van der Waals surface area contributed by atoms with E-state index in [1.807, 2.05) is 37.1 Å². The van der Waals surface area contributed by atoms with Gasteiger partial charge in [-0.2, -0.15) is 0 Å². The van der Waals surface area contributed by atoms with E-state index in [-0.39, 0.29) is 11.9 Å². The first-order valence-corrected chi connectivity index (χ1v) is 7.97. The van der Waals surface area contributed by atoms with E-state index >= 15 is 0 Å². The van der Waals surface area contributed by atoms with Crippen LogP contribution in [0.1, 0.15) is 18.2 Å². The molecule has 2 aromatic rings. The van der Waals surface area contributed by atoms with Crippen molar-refractivity contribution in [2.24, 2.45) is 0 Å². The second-order valence-corrected chi connectivity index (χ2v) is 6.27. The Bertz CT molecular complexity index is 687. The van der Waals surface area contributed by atoms with Gasteiger partial charge in [0, 0.05) is 22.6 Å². The highest BCUT2D eigenvalue weighted by molar-refractivity contribution is 9.10. The number of benzene rings is 1. The molecule has 0 aliphatic heterocycles. The van der Waals surface area contributed by atoms with Crippen LogP contribution in [0.3, 0.4) is 0 Å². The summed E-state index contributed by atoms with van der Waals surface area (Å²) in [6, 6.07) is 7.15. The van der Waals surface area contributed by atoms with E-state index in [1.54, 1.807) is 20.1 Å². The highest BCUT2D eigenvalue weighted by atomic mass is 79.9. The van der Waals surface area contributed by atoms with Gasteiger partial charge in [-0.05, 0) is 39.1 Å². The molecule has 23 heavy (non-hydrogen) atoms. The van der Waals surface area contributed by atoms with Crippen LogP contribution in [0.25, 0.3) is 0 Å². The van der Waals surface area contributed by atoms with Crippen molar-refractivity contribution < 1.29 is 14.1 Å². The van der Waals surface area contributed by atoms with Gasteiger partial charge in [-0.15, -0.1) is 0 Å². The Hall–Kier alpha value is -1.86. The van der Waals surface area contributed by atoms with E-state index in [1.165, 1.54) is 0 Å². The van der Waals surface area contributed by atoms with Gasteiger partial charge in [-0.3, -0.25) is 9.69 Å². The molecule has 1 aromatic heterocycles. The number of amides is 1. The van der Waals surface area contributed by atoms with Gasteiger partial charge in [0.25, 0.3) is 0 Å². The standard InChI is InChI=1S/C16H20BrN3O3/c1-10-7-15(19-23-10)18-16(21)11(2)20(3)9-12-8-13(17)5-6-14(12)22-4/h5-8,11H,9H2,1-4H3,(H,18,19,21). The van der Waals surface area contributed by atoms with Crippen LogP contribution < -0.4 is 10.1 Å². The molecule has 0 bridgehead atoms. The van der Waals surface area contributed by atoms with Crippen molar-refractivity contribution in [1.82, 2.24) is 10.1 Å². The molecule has 1 heterocycles. The fourth-order valence-electron chi connectivity index (χ4n) is 2.13. The zero-order chi connectivity index (χ0) is 17.0. The van der Waals surface area contributed by atoms with Crippen LogP contribution in [0, 0.1) is 6.92 Å². The Morgan fingerprint density at radius 1 is 1.48 bits per heavy atom. The largest absolute Gasteiger partial charge is 0.496 e. The summed E-state index contributed by atoms with van der Waals surface area (Å²) in [4.78, 5) is 14.2. The number of carbonyl (C=O) groups excluding carboxylic acids is 1. The quantitative estimate of drug-likeness (QED) is 0.831. The SMILES string of the molecule is COc1ccc(Br)cc1CN(C)C(C)C(=O)Nc1cc(C)on1. The van der Waals surface area contributed by atoms with Gasteiger partial charge in [-0.25, -0.2) is 0 Å². The number of anilines is 1. The molecule has 1 amide bonds. The van der Waals surface area contributed by atoms with Crippen molar-refractivity contribution in [1.29, 1.82) is 0 Å². The van der Waals surface area contributed by atoms with Crippen molar-refractivity contribution in [2.45, 2.75) is 26.4 Å².